The molecule has 0 saturated carbocycles. The van der Waals surface area contributed by atoms with Gasteiger partial charge in [0.15, 0.2) is 0 Å². The van der Waals surface area contributed by atoms with E-state index in [0.29, 0.717) is 0 Å². The predicted molar refractivity (Wildman–Crippen MR) is 40.8 cm³/mol. The Morgan fingerprint density at radius 3 is 2.44 bits per heavy atom. The first-order chi connectivity index (χ1) is 4.25. The van der Waals surface area contributed by atoms with Crippen LogP contribution >= 0.6 is 12.6 Å². The fourth-order valence-corrected chi connectivity index (χ4v) is 1.27. The van der Waals surface area contributed by atoms with Gasteiger partial charge >= 0.3 is 0 Å². The third-order valence-electron chi connectivity index (χ3n) is 1.44. The number of hydrogen-bond acceptors (Lipinski definition) is 2. The zero-order chi connectivity index (χ0) is 6.85. The zero-order valence-corrected chi connectivity index (χ0v) is 6.50. The second kappa shape index (κ2) is 2.43. The number of rotatable bonds is 1. The summed E-state index contributed by atoms with van der Waals surface area (Å²) in [5.41, 5.74) is 3.41. The van der Waals surface area contributed by atoms with E-state index in [1.807, 2.05) is 13.8 Å². The van der Waals surface area contributed by atoms with Gasteiger partial charge in [0, 0.05) is 17.0 Å². The van der Waals surface area contributed by atoms with E-state index < -0.39 is 0 Å². The van der Waals surface area contributed by atoms with Crippen molar-refractivity contribution in [1.82, 2.24) is 10.2 Å². The van der Waals surface area contributed by atoms with Crippen molar-refractivity contribution in [2.24, 2.45) is 0 Å². The summed E-state index contributed by atoms with van der Waals surface area (Å²) >= 11 is 4.16. The van der Waals surface area contributed by atoms with Crippen molar-refractivity contribution in [2.75, 3.05) is 0 Å². The molecular formula is C6H10N2S. The molecule has 0 unspecified atom stereocenters. The van der Waals surface area contributed by atoms with Crippen LogP contribution in [0.15, 0.2) is 0 Å². The van der Waals surface area contributed by atoms with Gasteiger partial charge in [0.1, 0.15) is 0 Å². The summed E-state index contributed by atoms with van der Waals surface area (Å²) in [6.07, 6.45) is 0. The van der Waals surface area contributed by atoms with Crippen molar-refractivity contribution in [2.45, 2.75) is 19.6 Å². The van der Waals surface area contributed by atoms with Crippen LogP contribution in [0.5, 0.6) is 0 Å². The Kier molecular flexibility index (Phi) is 1.81. The summed E-state index contributed by atoms with van der Waals surface area (Å²) in [5.74, 6) is 0.772. The number of nitrogens with zero attached hydrogens (tertiary/aromatic N) is 1. The summed E-state index contributed by atoms with van der Waals surface area (Å²) in [6, 6.07) is 0. The fraction of sp³-hybridized carbons (Fsp3) is 0.500. The van der Waals surface area contributed by atoms with Crippen LogP contribution in [0.1, 0.15) is 17.0 Å². The Morgan fingerprint density at radius 1 is 1.56 bits per heavy atom. The molecule has 0 bridgehead atoms. The Balaban J connectivity index is 3.07. The average molecular weight is 142 g/mol. The highest BCUT2D eigenvalue weighted by atomic mass is 32.1. The Labute approximate surface area is 60.1 Å². The molecule has 0 aliphatic rings. The Morgan fingerprint density at radius 2 is 2.22 bits per heavy atom. The molecule has 0 aliphatic heterocycles. The molecule has 0 fully saturated rings. The van der Waals surface area contributed by atoms with E-state index in [2.05, 4.69) is 22.8 Å². The molecule has 0 aliphatic carbocycles. The summed E-state index contributed by atoms with van der Waals surface area (Å²) in [5, 5.41) is 6.90. The van der Waals surface area contributed by atoms with E-state index in [9.17, 15) is 0 Å². The minimum Gasteiger partial charge on any atom is -0.282 e. The van der Waals surface area contributed by atoms with Gasteiger partial charge in [-0.3, -0.25) is 5.10 Å². The Hall–Kier alpha value is -0.440. The maximum absolute atomic E-state index is 4.16. The van der Waals surface area contributed by atoms with Crippen LogP contribution in [0, 0.1) is 13.8 Å². The van der Waals surface area contributed by atoms with E-state index in [1.54, 1.807) is 0 Å². The van der Waals surface area contributed by atoms with Crippen LogP contribution in [0.4, 0.5) is 0 Å². The van der Waals surface area contributed by atoms with Gasteiger partial charge in [0.25, 0.3) is 0 Å². The molecular weight excluding hydrogens is 132 g/mol. The quantitative estimate of drug-likeness (QED) is 0.571. The van der Waals surface area contributed by atoms with E-state index in [-0.39, 0.29) is 0 Å². The van der Waals surface area contributed by atoms with Crippen molar-refractivity contribution in [3.05, 3.63) is 17.0 Å². The van der Waals surface area contributed by atoms with Crippen LogP contribution in [0.2, 0.25) is 0 Å². The summed E-state index contributed by atoms with van der Waals surface area (Å²) in [7, 11) is 0. The molecule has 9 heavy (non-hydrogen) atoms. The van der Waals surface area contributed by atoms with Crippen molar-refractivity contribution >= 4 is 12.6 Å². The van der Waals surface area contributed by atoms with E-state index in [0.717, 1.165) is 17.1 Å². The first-order valence-corrected chi connectivity index (χ1v) is 3.50. The zero-order valence-electron chi connectivity index (χ0n) is 5.60. The van der Waals surface area contributed by atoms with E-state index in [1.165, 1.54) is 5.56 Å². The molecule has 0 spiro atoms. The molecule has 1 rings (SSSR count). The molecule has 3 heteroatoms. The number of aromatic nitrogens is 2. The lowest BCUT2D eigenvalue weighted by Crippen LogP contribution is -1.80. The van der Waals surface area contributed by atoms with Gasteiger partial charge in [-0.15, -0.1) is 0 Å². The van der Waals surface area contributed by atoms with Crippen molar-refractivity contribution in [3.8, 4) is 0 Å². The van der Waals surface area contributed by atoms with Gasteiger partial charge in [-0.2, -0.15) is 17.7 Å². The molecule has 0 amide bonds. The molecule has 0 aromatic carbocycles. The molecule has 0 atom stereocenters. The third-order valence-corrected chi connectivity index (χ3v) is 1.76. The maximum atomic E-state index is 4.16. The standard InChI is InChI=1S/C6H10N2S/c1-4-6(3-9)5(2)8-7-4/h9H,3H2,1-2H3,(H,7,8). The average Bonchev–Trinajstić information content (AvgIpc) is 2.12. The monoisotopic (exact) mass is 142 g/mol. The number of H-pyrrole nitrogens is 1. The highest BCUT2D eigenvalue weighted by Gasteiger charge is 2.01. The van der Waals surface area contributed by atoms with E-state index in [4.69, 9.17) is 0 Å². The van der Waals surface area contributed by atoms with Crippen LogP contribution in [0.25, 0.3) is 0 Å². The van der Waals surface area contributed by atoms with Crippen molar-refractivity contribution < 1.29 is 0 Å². The largest absolute Gasteiger partial charge is 0.282 e. The Bertz CT molecular complexity index is 185. The molecule has 2 nitrogen and oxygen atoms in total. The van der Waals surface area contributed by atoms with Gasteiger partial charge in [-0.25, -0.2) is 0 Å². The summed E-state index contributed by atoms with van der Waals surface area (Å²) < 4.78 is 0. The third kappa shape index (κ3) is 1.10. The predicted octanol–water partition coefficient (Wildman–Crippen LogP) is 1.46. The number of aromatic amines is 1. The topological polar surface area (TPSA) is 28.7 Å². The minimum absolute atomic E-state index is 0.772. The first-order valence-electron chi connectivity index (χ1n) is 2.87. The number of hydrogen-bond donors (Lipinski definition) is 2. The minimum atomic E-state index is 0.772. The van der Waals surface area contributed by atoms with Gasteiger partial charge in [0.05, 0.1) is 5.69 Å². The van der Waals surface area contributed by atoms with Gasteiger partial charge < -0.3 is 0 Å². The summed E-state index contributed by atoms with van der Waals surface area (Å²) in [6.45, 7) is 3.99. The molecule has 1 N–H and O–H groups in total. The highest BCUT2D eigenvalue weighted by molar-refractivity contribution is 7.79. The van der Waals surface area contributed by atoms with Gasteiger partial charge in [0.2, 0.25) is 0 Å². The van der Waals surface area contributed by atoms with Gasteiger partial charge in [-0.1, -0.05) is 0 Å². The number of aryl methyl sites for hydroxylation is 2. The van der Waals surface area contributed by atoms with Crippen molar-refractivity contribution in [1.29, 1.82) is 0 Å². The van der Waals surface area contributed by atoms with E-state index >= 15 is 0 Å². The second-order valence-corrected chi connectivity index (χ2v) is 2.39. The SMILES string of the molecule is Cc1n[nH]c(C)c1CS. The lowest BCUT2D eigenvalue weighted by molar-refractivity contribution is 1.02. The summed E-state index contributed by atoms with van der Waals surface area (Å²) in [4.78, 5) is 0. The highest BCUT2D eigenvalue weighted by Crippen LogP contribution is 2.10. The molecule has 0 saturated heterocycles. The smallest absolute Gasteiger partial charge is 0.0634 e. The number of thiol groups is 1. The second-order valence-electron chi connectivity index (χ2n) is 2.07. The number of nitrogens with one attached hydrogen (secondary N) is 1. The van der Waals surface area contributed by atoms with Gasteiger partial charge in [-0.05, 0) is 13.8 Å². The molecule has 1 aromatic rings. The fourth-order valence-electron chi connectivity index (χ4n) is 0.807. The molecule has 1 heterocycles. The molecule has 50 valence electrons. The normalized spacial score (nSPS) is 10.1. The lowest BCUT2D eigenvalue weighted by atomic mass is 10.2. The first kappa shape index (κ1) is 6.68. The molecule has 0 radical (unpaired) electrons. The van der Waals surface area contributed by atoms with Crippen LogP contribution in [-0.2, 0) is 5.75 Å². The maximum Gasteiger partial charge on any atom is 0.0634 e. The lowest BCUT2D eigenvalue weighted by Gasteiger charge is -1.90. The molecule has 1 aromatic heterocycles. The van der Waals surface area contributed by atoms with Crippen LogP contribution < -0.4 is 0 Å². The van der Waals surface area contributed by atoms with Crippen LogP contribution in [-0.4, -0.2) is 10.2 Å². The van der Waals surface area contributed by atoms with Crippen LogP contribution in [0.3, 0.4) is 0 Å². The van der Waals surface area contributed by atoms with Crippen molar-refractivity contribution in [3.63, 3.8) is 0 Å².